The van der Waals surface area contributed by atoms with Crippen LogP contribution in [0.5, 0.6) is 0 Å². The topological polar surface area (TPSA) is 23.0 Å². The van der Waals surface area contributed by atoms with Crippen molar-refractivity contribution in [3.05, 3.63) is 188 Å². The molecular formula is C54H31BN2O. The Balaban J connectivity index is 1.24. The molecule has 58 heavy (non-hydrogen) atoms. The number of benzene rings is 9. The van der Waals surface area contributed by atoms with Gasteiger partial charge in [0, 0.05) is 49.4 Å². The normalized spacial score (nSPS) is 12.8. The second-order valence-corrected chi connectivity index (χ2v) is 16.0. The fourth-order valence-electron chi connectivity index (χ4n) is 10.8. The smallest absolute Gasteiger partial charge is 0.253 e. The largest absolute Gasteiger partial charge is 0.456 e. The molecule has 0 unspecified atom stereocenters. The molecule has 2 aliphatic rings. The lowest BCUT2D eigenvalue weighted by molar-refractivity contribution is 0.669. The summed E-state index contributed by atoms with van der Waals surface area (Å²) in [5, 5.41) is 8.58. The van der Waals surface area contributed by atoms with Gasteiger partial charge in [0.25, 0.3) is 6.71 Å². The first-order valence-electron chi connectivity index (χ1n) is 20.1. The van der Waals surface area contributed by atoms with Crippen molar-refractivity contribution >= 4 is 88.5 Å². The molecule has 0 atom stereocenters. The van der Waals surface area contributed by atoms with Crippen LogP contribution in [0, 0.1) is 0 Å². The van der Waals surface area contributed by atoms with E-state index in [0.717, 1.165) is 21.9 Å². The predicted molar refractivity (Wildman–Crippen MR) is 243 cm³/mol. The quantitative estimate of drug-likeness (QED) is 0.166. The van der Waals surface area contributed by atoms with Crippen LogP contribution in [0.3, 0.4) is 0 Å². The Morgan fingerprint density at radius 3 is 1.83 bits per heavy atom. The zero-order chi connectivity index (χ0) is 37.6. The van der Waals surface area contributed by atoms with Gasteiger partial charge in [-0.3, -0.25) is 0 Å². The lowest BCUT2D eigenvalue weighted by Gasteiger charge is -2.35. The summed E-state index contributed by atoms with van der Waals surface area (Å²) in [6.45, 7) is 0.00223. The standard InChI is InChI=1S/C54H31BN2O/c1-4-15-32(16-5-1)36-28-45-51-46(29-36)57-52(34-19-8-3-9-20-34)49(33-17-6-2-7-18-33)42-27-35-21-10-11-22-37(35)50(54(42)57)55(51)43-25-14-24-39-40-31-48-41(30-44(40)56(45)53(39)43)38-23-12-13-26-47(38)58-48/h1-31H. The Hall–Kier alpha value is -7.56. The summed E-state index contributed by atoms with van der Waals surface area (Å²) < 4.78 is 11.7. The lowest BCUT2D eigenvalue weighted by Crippen LogP contribution is -2.59. The van der Waals surface area contributed by atoms with E-state index in [9.17, 15) is 0 Å². The molecule has 0 bridgehead atoms. The van der Waals surface area contributed by atoms with Crippen LogP contribution >= 0.6 is 0 Å². The first kappa shape index (κ1) is 30.6. The number of fused-ring (bicyclic) bond motifs is 12. The van der Waals surface area contributed by atoms with Gasteiger partial charge in [-0.1, -0.05) is 152 Å². The maximum absolute atomic E-state index is 6.52. The number of rotatable bonds is 3. The molecule has 5 heterocycles. The Morgan fingerprint density at radius 2 is 1.03 bits per heavy atom. The zero-order valence-electron chi connectivity index (χ0n) is 31.3. The Bertz CT molecular complexity index is 3720. The molecule has 14 rings (SSSR count). The van der Waals surface area contributed by atoms with E-state index in [0.29, 0.717) is 0 Å². The third-order valence-electron chi connectivity index (χ3n) is 13.1. The average molecular weight is 735 g/mol. The number of furan rings is 1. The Labute approximate surface area is 333 Å². The summed E-state index contributed by atoms with van der Waals surface area (Å²) in [7, 11) is 0. The third kappa shape index (κ3) is 3.84. The van der Waals surface area contributed by atoms with Crippen molar-refractivity contribution in [2.75, 3.05) is 0 Å². The van der Waals surface area contributed by atoms with E-state index in [1.165, 1.54) is 105 Å². The fraction of sp³-hybridized carbons (Fsp3) is 0. The first-order chi connectivity index (χ1) is 28.8. The SMILES string of the molecule is c1ccc(-c2cc3c4c(c2)-n2c5cc6c(cc5c5cccc(c52)B4c2c4ccccc4cc4c(-c5ccccc5)c(-c5ccccc5)n-3c24)oc2ccccc26)cc1. The molecule has 3 aromatic heterocycles. The average Bonchev–Trinajstić information content (AvgIpc) is 3.94. The lowest BCUT2D eigenvalue weighted by atomic mass is 9.33. The summed E-state index contributed by atoms with van der Waals surface area (Å²) in [6.07, 6.45) is 0. The molecule has 3 nitrogen and oxygen atoms in total. The van der Waals surface area contributed by atoms with Gasteiger partial charge in [-0.25, -0.2) is 0 Å². The number of nitrogens with zero attached hydrogens (tertiary/aromatic N) is 2. The van der Waals surface area contributed by atoms with Crippen molar-refractivity contribution in [2.24, 2.45) is 0 Å². The van der Waals surface area contributed by atoms with Gasteiger partial charge in [0.15, 0.2) is 0 Å². The highest BCUT2D eigenvalue weighted by molar-refractivity contribution is 7.01. The van der Waals surface area contributed by atoms with Gasteiger partial charge in [-0.15, -0.1) is 0 Å². The number of hydrogen-bond donors (Lipinski definition) is 0. The van der Waals surface area contributed by atoms with E-state index < -0.39 is 0 Å². The third-order valence-corrected chi connectivity index (χ3v) is 13.1. The number of hydrogen-bond acceptors (Lipinski definition) is 1. The van der Waals surface area contributed by atoms with E-state index in [4.69, 9.17) is 4.42 Å². The molecule has 9 aromatic carbocycles. The fourth-order valence-corrected chi connectivity index (χ4v) is 10.8. The molecule has 4 heteroatoms. The van der Waals surface area contributed by atoms with Gasteiger partial charge in [0.1, 0.15) is 11.2 Å². The summed E-state index contributed by atoms with van der Waals surface area (Å²) in [5.41, 5.74) is 19.4. The summed E-state index contributed by atoms with van der Waals surface area (Å²) in [6, 6.07) is 69.4. The van der Waals surface area contributed by atoms with Crippen LogP contribution in [-0.4, -0.2) is 15.8 Å². The molecule has 0 fully saturated rings. The van der Waals surface area contributed by atoms with Crippen LogP contribution in [0.2, 0.25) is 0 Å². The highest BCUT2D eigenvalue weighted by Gasteiger charge is 2.43. The van der Waals surface area contributed by atoms with Crippen LogP contribution in [0.1, 0.15) is 0 Å². The van der Waals surface area contributed by atoms with Crippen LogP contribution in [0.4, 0.5) is 0 Å². The molecule has 0 N–H and O–H groups in total. The summed E-state index contributed by atoms with van der Waals surface area (Å²) in [4.78, 5) is 0. The molecule has 0 amide bonds. The molecule has 0 aliphatic carbocycles. The molecule has 0 saturated heterocycles. The Kier molecular flexibility index (Phi) is 5.84. The second-order valence-electron chi connectivity index (χ2n) is 16.0. The van der Waals surface area contributed by atoms with E-state index in [1.807, 2.05) is 0 Å². The van der Waals surface area contributed by atoms with E-state index >= 15 is 0 Å². The molecule has 0 radical (unpaired) electrons. The van der Waals surface area contributed by atoms with Gasteiger partial charge in [0.05, 0.1) is 16.7 Å². The molecule has 2 aliphatic heterocycles. The Morgan fingerprint density at radius 1 is 0.379 bits per heavy atom. The van der Waals surface area contributed by atoms with Crippen molar-refractivity contribution in [2.45, 2.75) is 0 Å². The first-order valence-corrected chi connectivity index (χ1v) is 20.1. The van der Waals surface area contributed by atoms with Crippen molar-refractivity contribution in [1.29, 1.82) is 0 Å². The van der Waals surface area contributed by atoms with Crippen LogP contribution in [0.15, 0.2) is 192 Å². The van der Waals surface area contributed by atoms with E-state index in [1.54, 1.807) is 0 Å². The molecule has 12 aromatic rings. The van der Waals surface area contributed by atoms with Gasteiger partial charge < -0.3 is 13.6 Å². The van der Waals surface area contributed by atoms with E-state index in [-0.39, 0.29) is 6.71 Å². The van der Waals surface area contributed by atoms with Crippen molar-refractivity contribution in [3.63, 3.8) is 0 Å². The maximum atomic E-state index is 6.52. The summed E-state index contributed by atoms with van der Waals surface area (Å²) >= 11 is 0. The molecular weight excluding hydrogens is 703 g/mol. The highest BCUT2D eigenvalue weighted by Crippen LogP contribution is 2.47. The minimum atomic E-state index is 0.00223. The van der Waals surface area contributed by atoms with Gasteiger partial charge >= 0.3 is 0 Å². The minimum absolute atomic E-state index is 0.00223. The van der Waals surface area contributed by atoms with Crippen molar-refractivity contribution in [1.82, 2.24) is 9.13 Å². The van der Waals surface area contributed by atoms with Crippen LogP contribution in [-0.2, 0) is 0 Å². The van der Waals surface area contributed by atoms with E-state index in [2.05, 4.69) is 197 Å². The highest BCUT2D eigenvalue weighted by atomic mass is 16.3. The van der Waals surface area contributed by atoms with Crippen molar-refractivity contribution in [3.8, 4) is 44.9 Å². The summed E-state index contributed by atoms with van der Waals surface area (Å²) in [5.74, 6) is 0. The van der Waals surface area contributed by atoms with Gasteiger partial charge in [-0.2, -0.15) is 0 Å². The molecule has 266 valence electrons. The van der Waals surface area contributed by atoms with Crippen molar-refractivity contribution < 1.29 is 4.42 Å². The predicted octanol–water partition coefficient (Wildman–Crippen LogP) is 11.9. The molecule has 0 saturated carbocycles. The van der Waals surface area contributed by atoms with Gasteiger partial charge in [-0.05, 0) is 85.8 Å². The minimum Gasteiger partial charge on any atom is -0.456 e. The van der Waals surface area contributed by atoms with Gasteiger partial charge in [0.2, 0.25) is 0 Å². The van der Waals surface area contributed by atoms with Crippen LogP contribution < -0.4 is 16.4 Å². The second kappa shape index (κ2) is 11.1. The maximum Gasteiger partial charge on any atom is 0.253 e. The molecule has 0 spiro atoms. The monoisotopic (exact) mass is 734 g/mol. The number of para-hydroxylation sites is 2. The zero-order valence-corrected chi connectivity index (χ0v) is 31.3. The number of aromatic nitrogens is 2. The van der Waals surface area contributed by atoms with Crippen LogP contribution in [0.25, 0.3) is 110 Å².